The molecule has 1 aromatic heterocycles. The summed E-state index contributed by atoms with van der Waals surface area (Å²) >= 11 is 0. The van der Waals surface area contributed by atoms with Crippen molar-refractivity contribution in [2.45, 2.75) is 64.8 Å². The Morgan fingerprint density at radius 1 is 1.30 bits per heavy atom. The molecule has 5 N–H and O–H groups in total. The Labute approximate surface area is 172 Å². The number of alkyl halides is 3. The molecule has 3 amide bonds. The molecule has 1 aliphatic rings. The third kappa shape index (κ3) is 6.07. The van der Waals surface area contributed by atoms with Crippen molar-refractivity contribution < 1.29 is 27.5 Å². The van der Waals surface area contributed by atoms with Crippen LogP contribution in [0.25, 0.3) is 0 Å². The largest absolute Gasteiger partial charge is 0.481 e. The van der Waals surface area contributed by atoms with E-state index in [1.54, 1.807) is 20.8 Å². The number of ether oxygens (including phenoxy) is 1. The smallest absolute Gasteiger partial charge is 0.425 e. The summed E-state index contributed by atoms with van der Waals surface area (Å²) in [5.41, 5.74) is 4.73. The van der Waals surface area contributed by atoms with E-state index in [9.17, 15) is 22.8 Å². The second-order valence-electron chi connectivity index (χ2n) is 8.36. The van der Waals surface area contributed by atoms with E-state index in [0.29, 0.717) is 5.56 Å². The van der Waals surface area contributed by atoms with Gasteiger partial charge < -0.3 is 15.8 Å². The zero-order valence-corrected chi connectivity index (χ0v) is 17.2. The molecule has 0 aliphatic heterocycles. The van der Waals surface area contributed by atoms with Gasteiger partial charge in [-0.2, -0.15) is 13.2 Å². The van der Waals surface area contributed by atoms with Crippen LogP contribution in [0.5, 0.6) is 5.75 Å². The van der Waals surface area contributed by atoms with Crippen molar-refractivity contribution in [3.63, 3.8) is 0 Å². The lowest BCUT2D eigenvalue weighted by Crippen LogP contribution is -2.55. The number of hydrogen-bond donors (Lipinski definition) is 4. The van der Waals surface area contributed by atoms with Crippen molar-refractivity contribution >= 4 is 17.8 Å². The molecule has 166 valence electrons. The second-order valence-corrected chi connectivity index (χ2v) is 8.36. The number of carbonyl (C=O) groups is 2. The minimum Gasteiger partial charge on any atom is -0.481 e. The van der Waals surface area contributed by atoms with Crippen molar-refractivity contribution in [1.82, 2.24) is 15.6 Å². The minimum absolute atomic E-state index is 0.0416. The van der Waals surface area contributed by atoms with Crippen LogP contribution in [-0.2, 0) is 0 Å². The van der Waals surface area contributed by atoms with Gasteiger partial charge in [0.25, 0.3) is 5.91 Å². The number of pyridine rings is 1. The van der Waals surface area contributed by atoms with Crippen LogP contribution >= 0.6 is 0 Å². The molecule has 1 heterocycles. The maximum Gasteiger partial charge on any atom is 0.425 e. The number of nitrogens with zero attached hydrogens (tertiary/aromatic N) is 1. The van der Waals surface area contributed by atoms with Crippen molar-refractivity contribution in [2.75, 3.05) is 0 Å². The van der Waals surface area contributed by atoms with Gasteiger partial charge in [0.2, 0.25) is 0 Å². The third-order valence-corrected chi connectivity index (χ3v) is 4.60. The number of rotatable bonds is 6. The molecule has 0 bridgehead atoms. The highest BCUT2D eigenvalue weighted by molar-refractivity contribution is 6.02. The van der Waals surface area contributed by atoms with Gasteiger partial charge in [-0.25, -0.2) is 4.79 Å². The fourth-order valence-electron chi connectivity index (χ4n) is 2.76. The quantitative estimate of drug-likeness (QED) is 0.409. The van der Waals surface area contributed by atoms with Crippen molar-refractivity contribution in [3.05, 3.63) is 23.5 Å². The van der Waals surface area contributed by atoms with Crippen molar-refractivity contribution in [2.24, 2.45) is 11.1 Å². The molecule has 8 nitrogen and oxygen atoms in total. The van der Waals surface area contributed by atoms with Crippen LogP contribution in [0.4, 0.5) is 18.0 Å². The first-order valence-electron chi connectivity index (χ1n) is 9.39. The van der Waals surface area contributed by atoms with Crippen LogP contribution < -0.4 is 21.1 Å². The number of primary amides is 1. The highest BCUT2D eigenvalue weighted by Gasteiger charge is 2.39. The highest BCUT2D eigenvalue weighted by Crippen LogP contribution is 2.44. The van der Waals surface area contributed by atoms with Crippen LogP contribution in [0.15, 0.2) is 12.3 Å². The lowest BCUT2D eigenvalue weighted by molar-refractivity contribution is -0.189. The molecular formula is C19H26F3N5O3. The normalized spacial score (nSPS) is 16.4. The molecule has 1 unspecified atom stereocenters. The maximum atomic E-state index is 13.0. The molecule has 0 aromatic carbocycles. The summed E-state index contributed by atoms with van der Waals surface area (Å²) in [6, 6.07) is -0.705. The van der Waals surface area contributed by atoms with Gasteiger partial charge in [0.05, 0.1) is 6.04 Å². The molecule has 30 heavy (non-hydrogen) atoms. The number of amides is 3. The first kappa shape index (κ1) is 23.4. The number of nitrogens with two attached hydrogens (primary N) is 1. The van der Waals surface area contributed by atoms with Gasteiger partial charge in [-0.15, -0.1) is 0 Å². The zero-order chi connectivity index (χ0) is 22.9. The summed E-state index contributed by atoms with van der Waals surface area (Å²) in [5.74, 6) is -1.03. The maximum absolute atomic E-state index is 13.0. The van der Waals surface area contributed by atoms with E-state index < -0.39 is 35.7 Å². The van der Waals surface area contributed by atoms with E-state index in [1.807, 2.05) is 0 Å². The summed E-state index contributed by atoms with van der Waals surface area (Å²) in [7, 11) is 0. The van der Waals surface area contributed by atoms with Crippen LogP contribution in [0.3, 0.4) is 0 Å². The van der Waals surface area contributed by atoms with Gasteiger partial charge in [-0.1, -0.05) is 20.8 Å². The number of urea groups is 1. The summed E-state index contributed by atoms with van der Waals surface area (Å²) in [6.45, 7) is 6.10. The number of nitrogens with one attached hydrogen (secondary N) is 3. The van der Waals surface area contributed by atoms with E-state index in [2.05, 4.69) is 15.6 Å². The summed E-state index contributed by atoms with van der Waals surface area (Å²) < 4.78 is 44.0. The fraction of sp³-hybridized carbons (Fsp3) is 0.579. The van der Waals surface area contributed by atoms with Gasteiger partial charge >= 0.3 is 12.2 Å². The molecule has 1 fully saturated rings. The predicted octanol–water partition coefficient (Wildman–Crippen LogP) is 3.08. The van der Waals surface area contributed by atoms with E-state index in [1.165, 1.54) is 12.3 Å². The Kier molecular flexibility index (Phi) is 6.63. The number of aromatic nitrogens is 1. The molecule has 2 atom stereocenters. The van der Waals surface area contributed by atoms with Gasteiger partial charge in [0, 0.05) is 17.8 Å². The molecule has 1 aromatic rings. The Morgan fingerprint density at radius 3 is 2.37 bits per heavy atom. The SMILES string of the molecule is C[C@H](Oc1cc(C(=O)NC(C(=N)NC(N)=O)C(C)(C)C)ncc1C1CC1)C(F)(F)F. The highest BCUT2D eigenvalue weighted by atomic mass is 19.4. The summed E-state index contributed by atoms with van der Waals surface area (Å²) in [6.07, 6.45) is -3.63. The minimum atomic E-state index is -4.56. The monoisotopic (exact) mass is 429 g/mol. The molecule has 0 spiro atoms. The van der Waals surface area contributed by atoms with E-state index >= 15 is 0 Å². The molecule has 0 saturated heterocycles. The molecular weight excluding hydrogens is 403 g/mol. The lowest BCUT2D eigenvalue weighted by atomic mass is 9.85. The Balaban J connectivity index is 2.28. The van der Waals surface area contributed by atoms with Crippen LogP contribution in [0.1, 0.15) is 62.5 Å². The van der Waals surface area contributed by atoms with E-state index in [-0.39, 0.29) is 23.2 Å². The second kappa shape index (κ2) is 8.49. The molecule has 11 heteroatoms. The number of halogens is 3. The van der Waals surface area contributed by atoms with Crippen LogP contribution in [0, 0.1) is 10.8 Å². The molecule has 1 aliphatic carbocycles. The first-order chi connectivity index (χ1) is 13.7. The zero-order valence-electron chi connectivity index (χ0n) is 17.2. The number of carbonyl (C=O) groups excluding carboxylic acids is 2. The van der Waals surface area contributed by atoms with Gasteiger partial charge in [0.15, 0.2) is 6.10 Å². The number of amidine groups is 1. The standard InChI is InChI=1S/C19H26F3N5O3/c1-9(19(20,21)22)30-13-7-12(25-8-11(13)10-5-6-10)16(28)26-14(18(2,3)4)15(23)27-17(24)29/h7-10,14H,5-6H2,1-4H3,(H,26,28)(H4,23,24,27,29)/t9-,14?/m0/s1. The molecule has 1 saturated carbocycles. The average molecular weight is 429 g/mol. The Hall–Kier alpha value is -2.85. The Morgan fingerprint density at radius 2 is 1.90 bits per heavy atom. The van der Waals surface area contributed by atoms with Gasteiger partial charge in [-0.3, -0.25) is 20.5 Å². The van der Waals surface area contributed by atoms with E-state index in [0.717, 1.165) is 19.8 Å². The molecule has 0 radical (unpaired) electrons. The van der Waals surface area contributed by atoms with Gasteiger partial charge in [0.1, 0.15) is 17.3 Å². The van der Waals surface area contributed by atoms with Crippen LogP contribution in [-0.4, -0.2) is 41.1 Å². The summed E-state index contributed by atoms with van der Waals surface area (Å²) in [5, 5.41) is 12.7. The number of hydrogen-bond acceptors (Lipinski definition) is 5. The average Bonchev–Trinajstić information content (AvgIpc) is 3.41. The summed E-state index contributed by atoms with van der Waals surface area (Å²) in [4.78, 5) is 27.9. The lowest BCUT2D eigenvalue weighted by Gasteiger charge is -2.31. The van der Waals surface area contributed by atoms with Crippen LogP contribution in [0.2, 0.25) is 0 Å². The topological polar surface area (TPSA) is 130 Å². The van der Waals surface area contributed by atoms with Gasteiger partial charge in [-0.05, 0) is 31.1 Å². The third-order valence-electron chi connectivity index (χ3n) is 4.60. The van der Waals surface area contributed by atoms with E-state index in [4.69, 9.17) is 15.9 Å². The predicted molar refractivity (Wildman–Crippen MR) is 104 cm³/mol. The van der Waals surface area contributed by atoms with Crippen molar-refractivity contribution in [1.29, 1.82) is 5.41 Å². The fourth-order valence-corrected chi connectivity index (χ4v) is 2.76. The Bertz CT molecular complexity index is 832. The van der Waals surface area contributed by atoms with Crippen molar-refractivity contribution in [3.8, 4) is 5.75 Å². The molecule has 2 rings (SSSR count). The first-order valence-corrected chi connectivity index (χ1v) is 9.39.